The Morgan fingerprint density at radius 1 is 1.18 bits per heavy atom. The minimum Gasteiger partial charge on any atom is -0.0876 e. The van der Waals surface area contributed by atoms with Crippen molar-refractivity contribution in [2.24, 2.45) is 17.3 Å². The van der Waals surface area contributed by atoms with Gasteiger partial charge in [0.25, 0.3) is 0 Å². The van der Waals surface area contributed by atoms with E-state index in [-0.39, 0.29) is 0 Å². The van der Waals surface area contributed by atoms with Gasteiger partial charge < -0.3 is 0 Å². The van der Waals surface area contributed by atoms with Crippen LogP contribution >= 0.6 is 0 Å². The standard InChI is InChI=1S/C17H28/c1-5-13-12-14-10-9-11-17(14,8-4)16(7-3)15(13)6-2/h9-10,14,16H,5-8,11-12H2,1-4H3. The van der Waals surface area contributed by atoms with Crippen LogP contribution in [0.4, 0.5) is 0 Å². The number of allylic oxidation sites excluding steroid dienone is 4. The summed E-state index contributed by atoms with van der Waals surface area (Å²) in [5.74, 6) is 1.68. The third-order valence-electron chi connectivity index (χ3n) is 5.51. The lowest BCUT2D eigenvalue weighted by Crippen LogP contribution is -2.39. The van der Waals surface area contributed by atoms with Gasteiger partial charge in [-0.05, 0) is 55.8 Å². The highest BCUT2D eigenvalue weighted by Crippen LogP contribution is 2.58. The largest absolute Gasteiger partial charge is 0.0876 e. The molecule has 0 saturated heterocycles. The lowest BCUT2D eigenvalue weighted by Gasteiger charge is -2.48. The minimum atomic E-state index is 0.582. The highest BCUT2D eigenvalue weighted by Gasteiger charge is 2.47. The van der Waals surface area contributed by atoms with Crippen molar-refractivity contribution in [2.75, 3.05) is 0 Å². The van der Waals surface area contributed by atoms with Gasteiger partial charge in [0, 0.05) is 0 Å². The van der Waals surface area contributed by atoms with E-state index in [1.54, 1.807) is 5.57 Å². The van der Waals surface area contributed by atoms with Gasteiger partial charge in [-0.1, -0.05) is 51.0 Å². The van der Waals surface area contributed by atoms with Crippen molar-refractivity contribution in [2.45, 2.75) is 66.2 Å². The van der Waals surface area contributed by atoms with E-state index < -0.39 is 0 Å². The molecule has 0 heterocycles. The van der Waals surface area contributed by atoms with Crippen LogP contribution in [0.15, 0.2) is 23.3 Å². The monoisotopic (exact) mass is 232 g/mol. The zero-order valence-corrected chi connectivity index (χ0v) is 12.1. The number of fused-ring (bicyclic) bond motifs is 1. The van der Waals surface area contributed by atoms with Crippen LogP contribution in [0.25, 0.3) is 0 Å². The Labute approximate surface area is 107 Å². The molecular formula is C17H28. The zero-order chi connectivity index (χ0) is 12.5. The van der Waals surface area contributed by atoms with Crippen molar-refractivity contribution in [3.8, 4) is 0 Å². The van der Waals surface area contributed by atoms with E-state index in [0.717, 1.165) is 11.8 Å². The molecule has 2 aliphatic carbocycles. The Kier molecular flexibility index (Phi) is 3.80. The highest BCUT2D eigenvalue weighted by molar-refractivity contribution is 5.30. The molecule has 0 fully saturated rings. The molecule has 0 aromatic heterocycles. The third-order valence-corrected chi connectivity index (χ3v) is 5.51. The van der Waals surface area contributed by atoms with E-state index in [2.05, 4.69) is 39.8 Å². The second-order valence-corrected chi connectivity index (χ2v) is 5.83. The van der Waals surface area contributed by atoms with Crippen molar-refractivity contribution in [1.82, 2.24) is 0 Å². The van der Waals surface area contributed by atoms with E-state index in [1.165, 1.54) is 38.5 Å². The maximum Gasteiger partial charge on any atom is -0.0131 e. The van der Waals surface area contributed by atoms with Crippen LogP contribution in [0.2, 0.25) is 0 Å². The van der Waals surface area contributed by atoms with Crippen molar-refractivity contribution in [1.29, 1.82) is 0 Å². The number of hydrogen-bond acceptors (Lipinski definition) is 0. The van der Waals surface area contributed by atoms with Crippen molar-refractivity contribution in [3.63, 3.8) is 0 Å². The summed E-state index contributed by atoms with van der Waals surface area (Å²) in [6.07, 6.45) is 12.9. The number of hydrogen-bond donors (Lipinski definition) is 0. The first-order valence-corrected chi connectivity index (χ1v) is 7.60. The van der Waals surface area contributed by atoms with E-state index in [1.807, 2.05) is 5.57 Å². The number of rotatable bonds is 4. The van der Waals surface area contributed by atoms with Crippen LogP contribution in [0.5, 0.6) is 0 Å². The van der Waals surface area contributed by atoms with Gasteiger partial charge in [-0.15, -0.1) is 0 Å². The normalized spacial score (nSPS) is 36.5. The van der Waals surface area contributed by atoms with Gasteiger partial charge in [0.15, 0.2) is 0 Å². The van der Waals surface area contributed by atoms with E-state index in [0.29, 0.717) is 5.41 Å². The summed E-state index contributed by atoms with van der Waals surface area (Å²) in [6, 6.07) is 0. The molecule has 17 heavy (non-hydrogen) atoms. The Morgan fingerprint density at radius 3 is 2.47 bits per heavy atom. The van der Waals surface area contributed by atoms with E-state index in [9.17, 15) is 0 Å². The zero-order valence-electron chi connectivity index (χ0n) is 12.1. The maximum absolute atomic E-state index is 2.52. The Morgan fingerprint density at radius 2 is 1.94 bits per heavy atom. The van der Waals surface area contributed by atoms with Gasteiger partial charge in [0.1, 0.15) is 0 Å². The van der Waals surface area contributed by atoms with Gasteiger partial charge >= 0.3 is 0 Å². The molecule has 0 aliphatic heterocycles. The van der Waals surface area contributed by atoms with E-state index >= 15 is 0 Å². The highest BCUT2D eigenvalue weighted by atomic mass is 14.5. The molecule has 0 bridgehead atoms. The van der Waals surface area contributed by atoms with Gasteiger partial charge in [-0.2, -0.15) is 0 Å². The van der Waals surface area contributed by atoms with Gasteiger partial charge in [0.2, 0.25) is 0 Å². The average molecular weight is 232 g/mol. The topological polar surface area (TPSA) is 0 Å². The van der Waals surface area contributed by atoms with Crippen LogP contribution in [0, 0.1) is 17.3 Å². The SMILES string of the molecule is CCC1=C(CC)C(CC)C2(CC)CC=CC2C1. The molecule has 96 valence electrons. The second-order valence-electron chi connectivity index (χ2n) is 5.83. The first-order valence-electron chi connectivity index (χ1n) is 7.60. The predicted octanol–water partition coefficient (Wildman–Crippen LogP) is 5.51. The molecule has 0 amide bonds. The van der Waals surface area contributed by atoms with Crippen molar-refractivity contribution >= 4 is 0 Å². The molecule has 2 aliphatic rings. The summed E-state index contributed by atoms with van der Waals surface area (Å²) >= 11 is 0. The van der Waals surface area contributed by atoms with Crippen molar-refractivity contribution in [3.05, 3.63) is 23.3 Å². The molecule has 0 saturated carbocycles. The lowest BCUT2D eigenvalue weighted by atomic mass is 9.56. The van der Waals surface area contributed by atoms with Crippen LogP contribution < -0.4 is 0 Å². The molecule has 0 aromatic carbocycles. The minimum absolute atomic E-state index is 0.582. The summed E-state index contributed by atoms with van der Waals surface area (Å²) in [5, 5.41) is 0. The quantitative estimate of drug-likeness (QED) is 0.561. The summed E-state index contributed by atoms with van der Waals surface area (Å²) in [4.78, 5) is 0. The molecule has 0 heteroatoms. The van der Waals surface area contributed by atoms with Crippen LogP contribution in [-0.4, -0.2) is 0 Å². The fourth-order valence-corrected chi connectivity index (χ4v) is 4.63. The first-order chi connectivity index (χ1) is 8.23. The third kappa shape index (κ3) is 1.80. The molecule has 3 atom stereocenters. The van der Waals surface area contributed by atoms with Gasteiger partial charge in [-0.25, -0.2) is 0 Å². The molecule has 0 spiro atoms. The average Bonchev–Trinajstić information content (AvgIpc) is 2.79. The first kappa shape index (κ1) is 12.9. The summed E-state index contributed by atoms with van der Waals surface area (Å²) < 4.78 is 0. The van der Waals surface area contributed by atoms with Crippen LogP contribution in [0.1, 0.15) is 66.2 Å². The molecule has 2 rings (SSSR count). The predicted molar refractivity (Wildman–Crippen MR) is 76.0 cm³/mol. The van der Waals surface area contributed by atoms with Crippen LogP contribution in [-0.2, 0) is 0 Å². The fourth-order valence-electron chi connectivity index (χ4n) is 4.63. The van der Waals surface area contributed by atoms with Crippen molar-refractivity contribution < 1.29 is 0 Å². The summed E-state index contributed by atoms with van der Waals surface area (Å²) in [5.41, 5.74) is 4.18. The van der Waals surface area contributed by atoms with E-state index in [4.69, 9.17) is 0 Å². The molecule has 0 nitrogen and oxygen atoms in total. The van der Waals surface area contributed by atoms with Crippen LogP contribution in [0.3, 0.4) is 0 Å². The second kappa shape index (κ2) is 5.00. The molecule has 0 aromatic rings. The summed E-state index contributed by atoms with van der Waals surface area (Å²) in [6.45, 7) is 9.51. The Balaban J connectivity index is 2.44. The molecular weight excluding hydrogens is 204 g/mol. The Hall–Kier alpha value is -0.520. The smallest absolute Gasteiger partial charge is 0.0131 e. The summed E-state index contributed by atoms with van der Waals surface area (Å²) in [7, 11) is 0. The van der Waals surface area contributed by atoms with Gasteiger partial charge in [0.05, 0.1) is 0 Å². The molecule has 0 N–H and O–H groups in total. The lowest BCUT2D eigenvalue weighted by molar-refractivity contribution is 0.107. The Bertz CT molecular complexity index is 334. The molecule has 0 radical (unpaired) electrons. The molecule has 3 unspecified atom stereocenters. The maximum atomic E-state index is 2.52. The fraction of sp³-hybridized carbons (Fsp3) is 0.765. The van der Waals surface area contributed by atoms with Gasteiger partial charge in [-0.3, -0.25) is 0 Å².